The van der Waals surface area contributed by atoms with Gasteiger partial charge in [0, 0.05) is 0 Å². The quantitative estimate of drug-likeness (QED) is 0.352. The van der Waals surface area contributed by atoms with Crippen LogP contribution in [-0.4, -0.2) is 13.1 Å². The maximum atomic E-state index is 11.5. The molecule has 3 aromatic carbocycles. The molecule has 0 N–H and O–H groups in total. The number of carbonyl (C=O) groups excluding carboxylic acids is 1. The van der Waals surface area contributed by atoms with E-state index >= 15 is 0 Å². The van der Waals surface area contributed by atoms with E-state index in [9.17, 15) is 4.79 Å². The second kappa shape index (κ2) is 13.1. The van der Waals surface area contributed by atoms with Crippen molar-refractivity contribution in [3.63, 3.8) is 0 Å². The van der Waals surface area contributed by atoms with Crippen molar-refractivity contribution in [3.05, 3.63) is 95.6 Å². The summed E-state index contributed by atoms with van der Waals surface area (Å²) in [5, 5.41) is 0. The van der Waals surface area contributed by atoms with Crippen LogP contribution in [0.15, 0.2) is 78.9 Å². The van der Waals surface area contributed by atoms with Gasteiger partial charge in [-0.3, -0.25) is 0 Å². The van der Waals surface area contributed by atoms with Gasteiger partial charge in [-0.2, -0.15) is 0 Å². The van der Waals surface area contributed by atoms with Crippen molar-refractivity contribution in [1.29, 1.82) is 0 Å². The van der Waals surface area contributed by atoms with Gasteiger partial charge < -0.3 is 4.74 Å². The van der Waals surface area contributed by atoms with Gasteiger partial charge in [0.25, 0.3) is 0 Å². The molecule has 0 unspecified atom stereocenters. The minimum Gasteiger partial charge on any atom is -0.465 e. The van der Waals surface area contributed by atoms with Gasteiger partial charge in [0.2, 0.25) is 0 Å². The number of hydrogen-bond donors (Lipinski definition) is 0. The van der Waals surface area contributed by atoms with Crippen molar-refractivity contribution in [2.45, 2.75) is 27.7 Å². The summed E-state index contributed by atoms with van der Waals surface area (Å²) in [6.07, 6.45) is 4.14. The summed E-state index contributed by atoms with van der Waals surface area (Å²) >= 11 is 0. The zero-order valence-electron chi connectivity index (χ0n) is 17.5. The van der Waals surface area contributed by atoms with Crippen molar-refractivity contribution < 1.29 is 9.53 Å². The highest BCUT2D eigenvalue weighted by molar-refractivity contribution is 5.89. The summed E-state index contributed by atoms with van der Waals surface area (Å²) in [6.45, 7) is 8.00. The molecule has 0 aliphatic rings. The van der Waals surface area contributed by atoms with Crippen molar-refractivity contribution in [3.8, 4) is 11.1 Å². The van der Waals surface area contributed by atoms with Gasteiger partial charge in [0.15, 0.2) is 0 Å². The Labute approximate surface area is 169 Å². The number of esters is 1. The molecule has 0 atom stereocenters. The molecule has 0 radical (unpaired) electrons. The Bertz CT molecular complexity index is 847. The van der Waals surface area contributed by atoms with E-state index in [1.165, 1.54) is 18.2 Å². The van der Waals surface area contributed by atoms with Crippen LogP contribution in [0.2, 0.25) is 0 Å². The van der Waals surface area contributed by atoms with Gasteiger partial charge in [0.1, 0.15) is 0 Å². The molecule has 0 amide bonds. The predicted molar refractivity (Wildman–Crippen MR) is 121 cm³/mol. The first-order chi connectivity index (χ1) is 13.8. The van der Waals surface area contributed by atoms with Crippen molar-refractivity contribution in [2.75, 3.05) is 7.11 Å². The molecule has 3 rings (SSSR count). The van der Waals surface area contributed by atoms with Crippen LogP contribution in [0.1, 0.15) is 49.2 Å². The summed E-state index contributed by atoms with van der Waals surface area (Å²) in [5.41, 5.74) is 5.13. The van der Waals surface area contributed by atoms with E-state index in [-0.39, 0.29) is 5.97 Å². The fraction of sp³-hybridized carbons (Fsp3) is 0.192. The Morgan fingerprint density at radius 2 is 1.29 bits per heavy atom. The lowest BCUT2D eigenvalue weighted by molar-refractivity contribution is 0.0600. The van der Waals surface area contributed by atoms with E-state index in [0.29, 0.717) is 5.56 Å². The normalized spacial score (nSPS) is 9.61. The molecule has 3 aromatic rings. The third-order valence-corrected chi connectivity index (χ3v) is 3.83. The van der Waals surface area contributed by atoms with Crippen LogP contribution in [0, 0.1) is 0 Å². The van der Waals surface area contributed by atoms with Crippen LogP contribution in [0.5, 0.6) is 0 Å². The van der Waals surface area contributed by atoms with Gasteiger partial charge in [-0.15, -0.1) is 0 Å². The van der Waals surface area contributed by atoms with Crippen molar-refractivity contribution in [2.24, 2.45) is 0 Å². The zero-order valence-corrected chi connectivity index (χ0v) is 17.5. The van der Waals surface area contributed by atoms with Crippen LogP contribution in [0.4, 0.5) is 0 Å². The van der Waals surface area contributed by atoms with E-state index in [1.54, 1.807) is 12.1 Å². The molecule has 0 aliphatic heterocycles. The standard InChI is InChI=1S/C22H18O2.2C2H6/c1-24-22(23)20-15-12-17(13-16-20)11-14-19-9-5-6-10-21(19)18-7-3-2-4-8-18;2*1-2/h2-16H,1H3;2*1-2H3/b14-11+;;. The molecule has 0 heterocycles. The second-order valence-corrected chi connectivity index (χ2v) is 5.40. The summed E-state index contributed by atoms with van der Waals surface area (Å²) < 4.78 is 4.71. The molecule has 0 bridgehead atoms. The minimum atomic E-state index is -0.319. The number of rotatable bonds is 4. The van der Waals surface area contributed by atoms with Crippen LogP contribution in [0.25, 0.3) is 23.3 Å². The first-order valence-electron chi connectivity index (χ1n) is 9.79. The molecule has 146 valence electrons. The monoisotopic (exact) mass is 374 g/mol. The average molecular weight is 375 g/mol. The van der Waals surface area contributed by atoms with Gasteiger partial charge in [-0.1, -0.05) is 107 Å². The van der Waals surface area contributed by atoms with Crippen LogP contribution < -0.4 is 0 Å². The third kappa shape index (κ3) is 6.55. The summed E-state index contributed by atoms with van der Waals surface area (Å²) in [4.78, 5) is 11.5. The molecule has 0 saturated heterocycles. The van der Waals surface area contributed by atoms with Gasteiger partial charge in [0.05, 0.1) is 12.7 Å². The number of ether oxygens (including phenoxy) is 1. The fourth-order valence-electron chi connectivity index (χ4n) is 2.56. The molecule has 0 fully saturated rings. The highest BCUT2D eigenvalue weighted by Gasteiger charge is 2.04. The van der Waals surface area contributed by atoms with E-state index in [2.05, 4.69) is 30.3 Å². The molecule has 0 aromatic heterocycles. The first kappa shape index (κ1) is 22.9. The number of carbonyl (C=O) groups is 1. The highest BCUT2D eigenvalue weighted by atomic mass is 16.5. The number of hydrogen-bond acceptors (Lipinski definition) is 2. The summed E-state index contributed by atoms with van der Waals surface area (Å²) in [6, 6.07) is 26.0. The lowest BCUT2D eigenvalue weighted by Crippen LogP contribution is -2.00. The minimum absolute atomic E-state index is 0.319. The molecule has 2 heteroatoms. The predicted octanol–water partition coefficient (Wildman–Crippen LogP) is 7.36. The fourth-order valence-corrected chi connectivity index (χ4v) is 2.56. The summed E-state index contributed by atoms with van der Waals surface area (Å²) in [7, 11) is 1.39. The van der Waals surface area contributed by atoms with E-state index in [1.807, 2.05) is 76.2 Å². The number of benzene rings is 3. The molecular weight excluding hydrogens is 344 g/mol. The average Bonchev–Trinajstić information content (AvgIpc) is 2.81. The topological polar surface area (TPSA) is 26.3 Å². The Balaban J connectivity index is 0.000000921. The molecule has 28 heavy (non-hydrogen) atoms. The second-order valence-electron chi connectivity index (χ2n) is 5.40. The van der Waals surface area contributed by atoms with Crippen molar-refractivity contribution >= 4 is 18.1 Å². The summed E-state index contributed by atoms with van der Waals surface area (Å²) in [5.74, 6) is -0.319. The lowest BCUT2D eigenvalue weighted by atomic mass is 9.99. The molecule has 0 saturated carbocycles. The third-order valence-electron chi connectivity index (χ3n) is 3.83. The van der Waals surface area contributed by atoms with Gasteiger partial charge in [-0.05, 0) is 34.4 Å². The van der Waals surface area contributed by atoms with Crippen LogP contribution in [0.3, 0.4) is 0 Å². The zero-order chi connectivity index (χ0) is 20.8. The Morgan fingerprint density at radius 1 is 0.714 bits per heavy atom. The van der Waals surface area contributed by atoms with Gasteiger partial charge in [-0.25, -0.2) is 4.79 Å². The van der Waals surface area contributed by atoms with E-state index in [4.69, 9.17) is 4.74 Å². The van der Waals surface area contributed by atoms with Crippen molar-refractivity contribution in [1.82, 2.24) is 0 Å². The lowest BCUT2D eigenvalue weighted by Gasteiger charge is -2.06. The van der Waals surface area contributed by atoms with Gasteiger partial charge >= 0.3 is 5.97 Å². The molecule has 0 aliphatic carbocycles. The largest absolute Gasteiger partial charge is 0.465 e. The SMILES string of the molecule is CC.CC.COC(=O)c1ccc(/C=C/c2ccccc2-c2ccccc2)cc1. The molecular formula is C26H30O2. The maximum absolute atomic E-state index is 11.5. The number of methoxy groups -OCH3 is 1. The molecule has 0 spiro atoms. The first-order valence-corrected chi connectivity index (χ1v) is 9.79. The maximum Gasteiger partial charge on any atom is 0.337 e. The van der Waals surface area contributed by atoms with Crippen LogP contribution in [-0.2, 0) is 4.74 Å². The Morgan fingerprint density at radius 3 is 1.89 bits per heavy atom. The Hall–Kier alpha value is -3.13. The highest BCUT2D eigenvalue weighted by Crippen LogP contribution is 2.25. The Kier molecular flexibility index (Phi) is 10.7. The smallest absolute Gasteiger partial charge is 0.337 e. The van der Waals surface area contributed by atoms with E-state index in [0.717, 1.165) is 11.1 Å². The van der Waals surface area contributed by atoms with E-state index < -0.39 is 0 Å². The van der Waals surface area contributed by atoms with Crippen LogP contribution >= 0.6 is 0 Å². The molecule has 2 nitrogen and oxygen atoms in total.